The average Bonchev–Trinajstić information content (AvgIpc) is 3.28. The molecule has 0 aromatic rings. The van der Waals surface area contributed by atoms with Crippen molar-refractivity contribution in [1.29, 1.82) is 0 Å². The van der Waals surface area contributed by atoms with Crippen LogP contribution >= 0.6 is 0 Å². The standard InChI is InChI=1S/C29H42O5/c1-17(30)33-19-16-21-26(4)12-10-22(31)25(2,3)20(26)9-14-27(21,5)28(6)13-8-18(24(19)28)29(7)15-11-23(32)34-29/h10,12,18-21,24H,8-9,11,13-16H2,1-7H3/t18?,19-,20?,21-,24?,26+,27-,28-,29+/m1/s1. The van der Waals surface area contributed by atoms with E-state index >= 15 is 0 Å². The third-order valence-corrected chi connectivity index (χ3v) is 11.9. The lowest BCUT2D eigenvalue weighted by atomic mass is 9.36. The van der Waals surface area contributed by atoms with Gasteiger partial charge in [-0.1, -0.05) is 40.7 Å². The number of hydrogen-bond donors (Lipinski definition) is 0. The number of cyclic esters (lactones) is 1. The van der Waals surface area contributed by atoms with Crippen molar-refractivity contribution in [3.63, 3.8) is 0 Å². The number of carbonyl (C=O) groups excluding carboxylic acids is 3. The highest BCUT2D eigenvalue weighted by Crippen LogP contribution is 2.75. The zero-order valence-electron chi connectivity index (χ0n) is 22.0. The summed E-state index contributed by atoms with van der Waals surface area (Å²) in [5, 5.41) is 0. The van der Waals surface area contributed by atoms with Crippen molar-refractivity contribution in [1.82, 2.24) is 0 Å². The monoisotopic (exact) mass is 470 g/mol. The van der Waals surface area contributed by atoms with Crippen molar-refractivity contribution in [3.8, 4) is 0 Å². The van der Waals surface area contributed by atoms with E-state index in [1.54, 1.807) is 0 Å². The van der Waals surface area contributed by atoms with E-state index in [1.165, 1.54) is 6.92 Å². The number of rotatable bonds is 2. The molecule has 4 fully saturated rings. The van der Waals surface area contributed by atoms with Gasteiger partial charge in [-0.05, 0) is 79.6 Å². The van der Waals surface area contributed by atoms with Crippen LogP contribution in [0.4, 0.5) is 0 Å². The average molecular weight is 471 g/mol. The number of esters is 2. The van der Waals surface area contributed by atoms with Gasteiger partial charge < -0.3 is 9.47 Å². The van der Waals surface area contributed by atoms with Gasteiger partial charge >= 0.3 is 11.9 Å². The number of hydrogen-bond acceptors (Lipinski definition) is 5. The third kappa shape index (κ3) is 2.94. The first-order valence-corrected chi connectivity index (χ1v) is 13.3. The smallest absolute Gasteiger partial charge is 0.306 e. The van der Waals surface area contributed by atoms with Crippen molar-refractivity contribution in [2.24, 2.45) is 45.3 Å². The quantitative estimate of drug-likeness (QED) is 0.488. The summed E-state index contributed by atoms with van der Waals surface area (Å²) >= 11 is 0. The SMILES string of the molecule is CC(=O)O[C@@H]1C[C@@H]2[C@@]3(C)C=CC(=O)C(C)(C)C3CC[C@@]2(C)[C@]2(C)CCC([C@]3(C)CCC(=O)O3)C12. The number of carbonyl (C=O) groups is 3. The normalized spacial score (nSPS) is 51.3. The Kier molecular flexibility index (Phi) is 5.09. The molecule has 0 N–H and O–H groups in total. The van der Waals surface area contributed by atoms with Crippen molar-refractivity contribution in [2.45, 2.75) is 105 Å². The van der Waals surface area contributed by atoms with Gasteiger partial charge in [-0.15, -0.1) is 0 Å². The van der Waals surface area contributed by atoms with Gasteiger partial charge in [0, 0.05) is 30.6 Å². The van der Waals surface area contributed by atoms with Crippen LogP contribution in [-0.4, -0.2) is 29.4 Å². The van der Waals surface area contributed by atoms with Gasteiger partial charge in [0.1, 0.15) is 11.7 Å². The van der Waals surface area contributed by atoms with Gasteiger partial charge in [0.05, 0.1) is 0 Å². The maximum atomic E-state index is 12.9. The molecule has 1 aliphatic heterocycles. The minimum absolute atomic E-state index is 0.0356. The van der Waals surface area contributed by atoms with Crippen molar-refractivity contribution >= 4 is 17.7 Å². The molecule has 0 spiro atoms. The molecule has 1 saturated heterocycles. The van der Waals surface area contributed by atoms with Crippen LogP contribution in [0.3, 0.4) is 0 Å². The highest BCUT2D eigenvalue weighted by molar-refractivity contribution is 5.95. The Morgan fingerprint density at radius 1 is 0.971 bits per heavy atom. The van der Waals surface area contributed by atoms with Gasteiger partial charge in [-0.25, -0.2) is 0 Å². The Balaban J connectivity index is 1.61. The molecule has 3 saturated carbocycles. The summed E-state index contributed by atoms with van der Waals surface area (Å²) in [4.78, 5) is 37.4. The summed E-state index contributed by atoms with van der Waals surface area (Å²) in [6.45, 7) is 15.1. The van der Waals surface area contributed by atoms with E-state index in [2.05, 4.69) is 47.6 Å². The molecule has 1 heterocycles. The Hall–Kier alpha value is -1.65. The molecule has 0 amide bonds. The summed E-state index contributed by atoms with van der Waals surface area (Å²) in [6, 6.07) is 0. The Morgan fingerprint density at radius 3 is 2.26 bits per heavy atom. The second-order valence-electron chi connectivity index (χ2n) is 13.6. The molecule has 0 bridgehead atoms. The zero-order valence-corrected chi connectivity index (χ0v) is 22.0. The lowest BCUT2D eigenvalue weighted by Crippen LogP contribution is -2.65. The van der Waals surface area contributed by atoms with Gasteiger partial charge in [-0.3, -0.25) is 14.4 Å². The molecule has 3 unspecified atom stereocenters. The largest absolute Gasteiger partial charge is 0.462 e. The van der Waals surface area contributed by atoms with Crippen LogP contribution in [0.15, 0.2) is 12.2 Å². The van der Waals surface area contributed by atoms with E-state index in [0.29, 0.717) is 12.3 Å². The Morgan fingerprint density at radius 2 is 1.65 bits per heavy atom. The first kappa shape index (κ1) is 24.1. The maximum absolute atomic E-state index is 12.9. The fourth-order valence-electron chi connectivity index (χ4n) is 10.0. The maximum Gasteiger partial charge on any atom is 0.306 e. The van der Waals surface area contributed by atoms with Crippen LogP contribution in [0.5, 0.6) is 0 Å². The Labute approximate surface area is 204 Å². The number of allylic oxidation sites excluding steroid dienone is 2. The summed E-state index contributed by atoms with van der Waals surface area (Å²) in [5.74, 6) is 0.832. The summed E-state index contributed by atoms with van der Waals surface area (Å²) in [7, 11) is 0. The van der Waals surface area contributed by atoms with Crippen molar-refractivity contribution < 1.29 is 23.9 Å². The number of ketones is 1. The first-order chi connectivity index (χ1) is 15.7. The summed E-state index contributed by atoms with van der Waals surface area (Å²) < 4.78 is 12.1. The highest BCUT2D eigenvalue weighted by atomic mass is 16.6. The molecule has 5 heteroatoms. The molecular weight excluding hydrogens is 428 g/mol. The first-order valence-electron chi connectivity index (χ1n) is 13.3. The second kappa shape index (κ2) is 7.20. The van der Waals surface area contributed by atoms with E-state index in [1.807, 2.05) is 6.08 Å². The topological polar surface area (TPSA) is 69.7 Å². The number of ether oxygens (including phenoxy) is 2. The lowest BCUT2D eigenvalue weighted by Gasteiger charge is -2.68. The van der Waals surface area contributed by atoms with E-state index in [-0.39, 0.29) is 63.2 Å². The predicted octanol–water partition coefficient (Wildman–Crippen LogP) is 5.65. The fourth-order valence-corrected chi connectivity index (χ4v) is 10.0. The molecule has 9 atom stereocenters. The minimum Gasteiger partial charge on any atom is -0.462 e. The molecular formula is C29H42O5. The second-order valence-corrected chi connectivity index (χ2v) is 13.6. The Bertz CT molecular complexity index is 966. The van der Waals surface area contributed by atoms with Crippen LogP contribution in [-0.2, 0) is 23.9 Å². The van der Waals surface area contributed by atoms with Crippen LogP contribution in [0, 0.1) is 45.3 Å². The van der Waals surface area contributed by atoms with Crippen molar-refractivity contribution in [2.75, 3.05) is 0 Å². The van der Waals surface area contributed by atoms with E-state index < -0.39 is 5.60 Å². The van der Waals surface area contributed by atoms with Crippen LogP contribution in [0.1, 0.15) is 93.4 Å². The molecule has 0 radical (unpaired) electrons. The van der Waals surface area contributed by atoms with Gasteiger partial charge in [0.25, 0.3) is 0 Å². The molecule has 4 aliphatic carbocycles. The molecule has 0 aromatic carbocycles. The van der Waals surface area contributed by atoms with Gasteiger partial charge in [-0.2, -0.15) is 0 Å². The van der Waals surface area contributed by atoms with Crippen molar-refractivity contribution in [3.05, 3.63) is 12.2 Å². The molecule has 5 nitrogen and oxygen atoms in total. The van der Waals surface area contributed by atoms with Gasteiger partial charge in [0.2, 0.25) is 0 Å². The molecule has 188 valence electrons. The summed E-state index contributed by atoms with van der Waals surface area (Å²) in [6.07, 6.45) is 10.00. The molecule has 5 aliphatic rings. The zero-order chi connectivity index (χ0) is 24.9. The molecule has 0 aromatic heterocycles. The highest BCUT2D eigenvalue weighted by Gasteiger charge is 2.72. The summed E-state index contributed by atoms with van der Waals surface area (Å²) in [5.41, 5.74) is -0.983. The minimum atomic E-state index is -0.485. The van der Waals surface area contributed by atoms with E-state index in [9.17, 15) is 14.4 Å². The van der Waals surface area contributed by atoms with Gasteiger partial charge in [0.15, 0.2) is 5.78 Å². The van der Waals surface area contributed by atoms with Crippen LogP contribution in [0.25, 0.3) is 0 Å². The van der Waals surface area contributed by atoms with E-state index in [0.717, 1.165) is 38.5 Å². The molecule has 5 rings (SSSR count). The van der Waals surface area contributed by atoms with Crippen LogP contribution in [0.2, 0.25) is 0 Å². The third-order valence-electron chi connectivity index (χ3n) is 11.9. The lowest BCUT2D eigenvalue weighted by molar-refractivity contribution is -0.224. The van der Waals surface area contributed by atoms with E-state index in [4.69, 9.17) is 9.47 Å². The predicted molar refractivity (Wildman–Crippen MR) is 129 cm³/mol. The van der Waals surface area contributed by atoms with Crippen LogP contribution < -0.4 is 0 Å². The molecule has 34 heavy (non-hydrogen) atoms. The fraction of sp³-hybridized carbons (Fsp3) is 0.828. The number of fused-ring (bicyclic) bond motifs is 5.